The minimum atomic E-state index is -0.950. The van der Waals surface area contributed by atoms with Gasteiger partial charge in [-0.05, 0) is 24.7 Å². The van der Waals surface area contributed by atoms with Crippen molar-refractivity contribution in [3.63, 3.8) is 0 Å². The Morgan fingerprint density at radius 1 is 1.28 bits per heavy atom. The van der Waals surface area contributed by atoms with Gasteiger partial charge in [0.2, 0.25) is 5.91 Å². The molecule has 2 N–H and O–H groups in total. The van der Waals surface area contributed by atoms with Gasteiger partial charge in [-0.25, -0.2) is 4.79 Å². The number of carboxylic acid groups (broad SMARTS) is 1. The van der Waals surface area contributed by atoms with E-state index in [1.807, 2.05) is 0 Å². The van der Waals surface area contributed by atoms with Crippen LogP contribution in [0.4, 0.5) is 0 Å². The first kappa shape index (κ1) is 15.0. The standard InChI is InChI=1S/C14H25NO3/c1-10(2)13(14(17)18)15-12(16)9-5-8-11-6-3-4-7-11/h10-11,13H,3-9H2,1-2H3,(H,15,16)(H,17,18)/t13-/m1/s1. The van der Waals surface area contributed by atoms with Crippen molar-refractivity contribution in [2.24, 2.45) is 11.8 Å². The van der Waals surface area contributed by atoms with Crippen LogP contribution in [0, 0.1) is 11.8 Å². The van der Waals surface area contributed by atoms with Crippen LogP contribution in [0.1, 0.15) is 58.8 Å². The third-order valence-electron chi connectivity index (χ3n) is 3.74. The van der Waals surface area contributed by atoms with Gasteiger partial charge in [0.1, 0.15) is 6.04 Å². The minimum Gasteiger partial charge on any atom is -0.480 e. The Bertz CT molecular complexity index is 283. The summed E-state index contributed by atoms with van der Waals surface area (Å²) in [5, 5.41) is 11.6. The minimum absolute atomic E-state index is 0.0821. The van der Waals surface area contributed by atoms with Crippen LogP contribution in [0.2, 0.25) is 0 Å². The summed E-state index contributed by atoms with van der Waals surface area (Å²) in [5.74, 6) is -0.373. The number of amides is 1. The fourth-order valence-corrected chi connectivity index (χ4v) is 2.61. The Hall–Kier alpha value is -1.06. The quantitative estimate of drug-likeness (QED) is 0.734. The first-order valence-corrected chi connectivity index (χ1v) is 7.03. The van der Waals surface area contributed by atoms with Gasteiger partial charge >= 0.3 is 5.97 Å². The number of carboxylic acids is 1. The monoisotopic (exact) mass is 255 g/mol. The number of carbonyl (C=O) groups excluding carboxylic acids is 1. The van der Waals surface area contributed by atoms with Gasteiger partial charge in [0.25, 0.3) is 0 Å². The van der Waals surface area contributed by atoms with Gasteiger partial charge in [-0.2, -0.15) is 0 Å². The lowest BCUT2D eigenvalue weighted by Crippen LogP contribution is -2.44. The van der Waals surface area contributed by atoms with Crippen molar-refractivity contribution < 1.29 is 14.7 Å². The summed E-state index contributed by atoms with van der Waals surface area (Å²) in [5.41, 5.74) is 0. The molecule has 104 valence electrons. The van der Waals surface area contributed by atoms with Crippen LogP contribution in [0.5, 0.6) is 0 Å². The van der Waals surface area contributed by atoms with Gasteiger partial charge in [0.15, 0.2) is 0 Å². The molecule has 0 bridgehead atoms. The zero-order valence-electron chi connectivity index (χ0n) is 11.4. The summed E-state index contributed by atoms with van der Waals surface area (Å²) in [6.07, 6.45) is 7.67. The van der Waals surface area contributed by atoms with E-state index in [-0.39, 0.29) is 11.8 Å². The number of hydrogen-bond donors (Lipinski definition) is 2. The Morgan fingerprint density at radius 3 is 2.39 bits per heavy atom. The van der Waals surface area contributed by atoms with E-state index in [0.717, 1.165) is 18.8 Å². The lowest BCUT2D eigenvalue weighted by atomic mass is 10.00. The largest absolute Gasteiger partial charge is 0.480 e. The van der Waals surface area contributed by atoms with E-state index < -0.39 is 12.0 Å². The van der Waals surface area contributed by atoms with Gasteiger partial charge in [-0.3, -0.25) is 4.79 Å². The topological polar surface area (TPSA) is 66.4 Å². The van der Waals surface area contributed by atoms with Gasteiger partial charge in [0.05, 0.1) is 0 Å². The van der Waals surface area contributed by atoms with Gasteiger partial charge < -0.3 is 10.4 Å². The van der Waals surface area contributed by atoms with Gasteiger partial charge in [-0.1, -0.05) is 39.5 Å². The highest BCUT2D eigenvalue weighted by Crippen LogP contribution is 2.28. The molecule has 4 heteroatoms. The van der Waals surface area contributed by atoms with E-state index in [2.05, 4.69) is 5.32 Å². The Balaban J connectivity index is 2.21. The van der Waals surface area contributed by atoms with Crippen molar-refractivity contribution in [3.05, 3.63) is 0 Å². The second-order valence-electron chi connectivity index (χ2n) is 5.67. The molecule has 0 radical (unpaired) electrons. The molecule has 0 aromatic carbocycles. The number of carbonyl (C=O) groups is 2. The predicted molar refractivity (Wildman–Crippen MR) is 70.2 cm³/mol. The summed E-state index contributed by atoms with van der Waals surface area (Å²) in [6.45, 7) is 3.61. The van der Waals surface area contributed by atoms with Crippen molar-refractivity contribution in [1.29, 1.82) is 0 Å². The smallest absolute Gasteiger partial charge is 0.326 e. The van der Waals surface area contributed by atoms with Crippen LogP contribution in [0.25, 0.3) is 0 Å². The van der Waals surface area contributed by atoms with Crippen LogP contribution in [0.3, 0.4) is 0 Å². The summed E-state index contributed by atoms with van der Waals surface area (Å²) in [6, 6.07) is -0.760. The molecular formula is C14H25NO3. The molecule has 1 fully saturated rings. The molecule has 18 heavy (non-hydrogen) atoms. The predicted octanol–water partition coefficient (Wildman–Crippen LogP) is 2.57. The molecule has 1 aliphatic carbocycles. The molecule has 1 amide bonds. The molecule has 0 heterocycles. The van der Waals surface area contributed by atoms with Crippen LogP contribution >= 0.6 is 0 Å². The van der Waals surface area contributed by atoms with Crippen molar-refractivity contribution in [2.45, 2.75) is 64.8 Å². The molecule has 0 saturated heterocycles. The number of nitrogens with one attached hydrogen (secondary N) is 1. The van der Waals surface area contributed by atoms with Gasteiger partial charge in [0, 0.05) is 6.42 Å². The molecule has 0 spiro atoms. The maximum Gasteiger partial charge on any atom is 0.326 e. The van der Waals surface area contributed by atoms with E-state index in [9.17, 15) is 9.59 Å². The summed E-state index contributed by atoms with van der Waals surface area (Å²) in [7, 11) is 0. The van der Waals surface area contributed by atoms with Crippen molar-refractivity contribution in [1.82, 2.24) is 5.32 Å². The average molecular weight is 255 g/mol. The Labute approximate surface area is 109 Å². The molecule has 1 aliphatic rings. The van der Waals surface area contributed by atoms with E-state index in [1.165, 1.54) is 25.7 Å². The average Bonchev–Trinajstić information content (AvgIpc) is 2.78. The molecule has 0 aromatic rings. The van der Waals surface area contributed by atoms with Crippen molar-refractivity contribution >= 4 is 11.9 Å². The summed E-state index contributed by atoms with van der Waals surface area (Å²) in [4.78, 5) is 22.6. The second kappa shape index (κ2) is 7.39. The third kappa shape index (κ3) is 5.07. The first-order chi connectivity index (χ1) is 8.50. The summed E-state index contributed by atoms with van der Waals surface area (Å²) < 4.78 is 0. The molecule has 1 saturated carbocycles. The van der Waals surface area contributed by atoms with Crippen molar-refractivity contribution in [3.8, 4) is 0 Å². The Kier molecular flexibility index (Phi) is 6.16. The first-order valence-electron chi connectivity index (χ1n) is 7.03. The number of hydrogen-bond acceptors (Lipinski definition) is 2. The molecule has 4 nitrogen and oxygen atoms in total. The maximum atomic E-state index is 11.7. The molecule has 1 atom stereocenters. The van der Waals surface area contributed by atoms with E-state index in [0.29, 0.717) is 6.42 Å². The second-order valence-corrected chi connectivity index (χ2v) is 5.67. The normalized spacial score (nSPS) is 17.9. The lowest BCUT2D eigenvalue weighted by Gasteiger charge is -2.18. The molecule has 1 rings (SSSR count). The van der Waals surface area contributed by atoms with Crippen LogP contribution in [-0.2, 0) is 9.59 Å². The molecule has 0 unspecified atom stereocenters. The van der Waals surface area contributed by atoms with Crippen molar-refractivity contribution in [2.75, 3.05) is 0 Å². The van der Waals surface area contributed by atoms with Crippen LogP contribution in [-0.4, -0.2) is 23.0 Å². The fraction of sp³-hybridized carbons (Fsp3) is 0.857. The van der Waals surface area contributed by atoms with E-state index in [4.69, 9.17) is 5.11 Å². The van der Waals surface area contributed by atoms with E-state index >= 15 is 0 Å². The maximum absolute atomic E-state index is 11.7. The van der Waals surface area contributed by atoms with Crippen LogP contribution < -0.4 is 5.32 Å². The SMILES string of the molecule is CC(C)[C@@H](NC(=O)CCCC1CCCC1)C(=O)O. The van der Waals surface area contributed by atoms with Crippen LogP contribution in [0.15, 0.2) is 0 Å². The molecular weight excluding hydrogens is 230 g/mol. The zero-order chi connectivity index (χ0) is 13.5. The highest BCUT2D eigenvalue weighted by atomic mass is 16.4. The zero-order valence-corrected chi connectivity index (χ0v) is 11.4. The lowest BCUT2D eigenvalue weighted by molar-refractivity contribution is -0.143. The molecule has 0 aromatic heterocycles. The summed E-state index contributed by atoms with van der Waals surface area (Å²) >= 11 is 0. The van der Waals surface area contributed by atoms with E-state index in [1.54, 1.807) is 13.8 Å². The number of aliphatic carboxylic acids is 1. The fourth-order valence-electron chi connectivity index (χ4n) is 2.61. The molecule has 0 aliphatic heterocycles. The number of rotatable bonds is 7. The Morgan fingerprint density at radius 2 is 1.89 bits per heavy atom. The highest BCUT2D eigenvalue weighted by molar-refractivity contribution is 5.83. The third-order valence-corrected chi connectivity index (χ3v) is 3.74. The van der Waals surface area contributed by atoms with Gasteiger partial charge in [-0.15, -0.1) is 0 Å². The highest BCUT2D eigenvalue weighted by Gasteiger charge is 2.23.